The minimum absolute atomic E-state index is 0.489. The van der Waals surface area contributed by atoms with Gasteiger partial charge in [-0.25, -0.2) is 14.3 Å². The van der Waals surface area contributed by atoms with E-state index in [2.05, 4.69) is 4.98 Å². The van der Waals surface area contributed by atoms with Crippen molar-refractivity contribution in [2.75, 3.05) is 0 Å². The van der Waals surface area contributed by atoms with Crippen molar-refractivity contribution in [2.24, 2.45) is 0 Å². The number of aromatic nitrogens is 2. The van der Waals surface area contributed by atoms with Crippen molar-refractivity contribution in [2.45, 2.75) is 6.61 Å². The van der Waals surface area contributed by atoms with E-state index in [1.54, 1.807) is 18.3 Å². The van der Waals surface area contributed by atoms with E-state index in [-0.39, 0.29) is 0 Å². The van der Waals surface area contributed by atoms with Crippen molar-refractivity contribution in [1.29, 1.82) is 0 Å². The number of para-hydroxylation sites is 1. The summed E-state index contributed by atoms with van der Waals surface area (Å²) in [6.07, 6.45) is 2.58. The summed E-state index contributed by atoms with van der Waals surface area (Å²) >= 11 is 0. The van der Waals surface area contributed by atoms with Gasteiger partial charge in [0.1, 0.15) is 24.4 Å². The zero-order valence-electron chi connectivity index (χ0n) is 15.1. The van der Waals surface area contributed by atoms with Crippen molar-refractivity contribution < 1.29 is 14.3 Å². The maximum atomic E-state index is 12.2. The zero-order valence-corrected chi connectivity index (χ0v) is 15.1. The third kappa shape index (κ3) is 4.27. The smallest absolute Gasteiger partial charge is 0.424 e. The van der Waals surface area contributed by atoms with Crippen LogP contribution < -0.4 is 9.47 Å². The second kappa shape index (κ2) is 8.22. The van der Waals surface area contributed by atoms with Gasteiger partial charge in [0.2, 0.25) is 0 Å². The summed E-state index contributed by atoms with van der Waals surface area (Å²) in [4.78, 5) is 16.5. The summed E-state index contributed by atoms with van der Waals surface area (Å²) in [6, 6.07) is 26.5. The highest BCUT2D eigenvalue weighted by Crippen LogP contribution is 2.22. The molecule has 0 radical (unpaired) electrons. The molecule has 0 unspecified atom stereocenters. The molecule has 0 amide bonds. The molecular weight excluding hydrogens is 352 g/mol. The Balaban J connectivity index is 1.40. The average Bonchev–Trinajstić information content (AvgIpc) is 3.25. The molecule has 0 aliphatic carbocycles. The molecule has 1 heterocycles. The molecule has 4 rings (SSSR count). The molecule has 28 heavy (non-hydrogen) atoms. The van der Waals surface area contributed by atoms with E-state index >= 15 is 0 Å². The van der Waals surface area contributed by atoms with Crippen molar-refractivity contribution in [3.8, 4) is 22.8 Å². The topological polar surface area (TPSA) is 53.4 Å². The summed E-state index contributed by atoms with van der Waals surface area (Å²) < 4.78 is 12.4. The van der Waals surface area contributed by atoms with Crippen LogP contribution in [0, 0.1) is 0 Å². The molecule has 0 saturated carbocycles. The molecule has 0 aliphatic heterocycles. The lowest BCUT2D eigenvalue weighted by Crippen LogP contribution is -2.14. The standard InChI is InChI=1S/C23H18N2O3/c26-23(28-21-9-5-2-6-10-21)25-15-22(24-17-25)19-11-13-20(14-12-19)27-16-18-7-3-1-4-8-18/h1-15,17H,16H2. The van der Waals surface area contributed by atoms with E-state index in [0.717, 1.165) is 16.9 Å². The van der Waals surface area contributed by atoms with E-state index in [1.165, 1.54) is 10.9 Å². The molecule has 3 aromatic carbocycles. The van der Waals surface area contributed by atoms with Crippen molar-refractivity contribution in [3.05, 3.63) is 103 Å². The molecule has 0 aliphatic rings. The fourth-order valence-electron chi connectivity index (χ4n) is 2.68. The van der Waals surface area contributed by atoms with E-state index < -0.39 is 6.09 Å². The average molecular weight is 370 g/mol. The lowest BCUT2D eigenvalue weighted by atomic mass is 10.1. The first-order chi connectivity index (χ1) is 13.8. The molecule has 0 bridgehead atoms. The highest BCUT2D eigenvalue weighted by Gasteiger charge is 2.10. The molecule has 0 spiro atoms. The van der Waals surface area contributed by atoms with Crippen molar-refractivity contribution >= 4 is 6.09 Å². The molecule has 5 nitrogen and oxygen atoms in total. The van der Waals surface area contributed by atoms with Crippen LogP contribution in [-0.2, 0) is 6.61 Å². The minimum atomic E-state index is -0.507. The van der Waals surface area contributed by atoms with Gasteiger partial charge in [0, 0.05) is 11.8 Å². The van der Waals surface area contributed by atoms with Gasteiger partial charge >= 0.3 is 6.09 Å². The third-order valence-electron chi connectivity index (χ3n) is 4.14. The number of nitrogens with zero attached hydrogens (tertiary/aromatic N) is 2. The second-order valence-electron chi connectivity index (χ2n) is 6.15. The highest BCUT2D eigenvalue weighted by atomic mass is 16.6. The minimum Gasteiger partial charge on any atom is -0.489 e. The number of carbonyl (C=O) groups is 1. The van der Waals surface area contributed by atoms with Gasteiger partial charge in [-0.15, -0.1) is 0 Å². The lowest BCUT2D eigenvalue weighted by molar-refractivity contribution is 0.202. The number of hydrogen-bond donors (Lipinski definition) is 0. The predicted octanol–water partition coefficient (Wildman–Crippen LogP) is 5.18. The highest BCUT2D eigenvalue weighted by molar-refractivity contribution is 5.74. The van der Waals surface area contributed by atoms with E-state index in [9.17, 15) is 4.79 Å². The largest absolute Gasteiger partial charge is 0.489 e. The van der Waals surface area contributed by atoms with Crippen LogP contribution in [0.1, 0.15) is 5.56 Å². The fraction of sp³-hybridized carbons (Fsp3) is 0.0435. The normalized spacial score (nSPS) is 10.4. The van der Waals surface area contributed by atoms with Crippen LogP contribution >= 0.6 is 0 Å². The van der Waals surface area contributed by atoms with Crippen molar-refractivity contribution in [3.63, 3.8) is 0 Å². The summed E-state index contributed by atoms with van der Waals surface area (Å²) in [5.41, 5.74) is 2.68. The summed E-state index contributed by atoms with van der Waals surface area (Å²) in [6.45, 7) is 0.514. The Bertz CT molecular complexity index is 1040. The van der Waals surface area contributed by atoms with Crippen LogP contribution in [0.15, 0.2) is 97.5 Å². The number of hydrogen-bond acceptors (Lipinski definition) is 4. The SMILES string of the molecule is O=C(Oc1ccccc1)n1cnc(-c2ccc(OCc3ccccc3)cc2)c1. The number of ether oxygens (including phenoxy) is 2. The Morgan fingerprint density at radius 2 is 1.50 bits per heavy atom. The van der Waals surface area contributed by atoms with Crippen LogP contribution in [0.4, 0.5) is 4.79 Å². The molecule has 5 heteroatoms. The van der Waals surface area contributed by atoms with Crippen LogP contribution in [0.3, 0.4) is 0 Å². The summed E-state index contributed by atoms with van der Waals surface area (Å²) in [5, 5.41) is 0. The Labute approximate surface area is 162 Å². The van der Waals surface area contributed by atoms with Crippen LogP contribution in [0.2, 0.25) is 0 Å². The maximum Gasteiger partial charge on any atom is 0.424 e. The quantitative estimate of drug-likeness (QED) is 0.486. The molecule has 0 saturated heterocycles. The first-order valence-electron chi connectivity index (χ1n) is 8.86. The first kappa shape index (κ1) is 17.5. The molecule has 0 fully saturated rings. The van der Waals surface area contributed by atoms with Gasteiger partial charge in [0.25, 0.3) is 0 Å². The van der Waals surface area contributed by atoms with E-state index in [1.807, 2.05) is 72.8 Å². The van der Waals surface area contributed by atoms with Gasteiger partial charge in [-0.05, 0) is 42.0 Å². The van der Waals surface area contributed by atoms with Gasteiger partial charge in [-0.2, -0.15) is 0 Å². The van der Waals surface area contributed by atoms with Gasteiger partial charge < -0.3 is 9.47 Å². The van der Waals surface area contributed by atoms with Crippen molar-refractivity contribution in [1.82, 2.24) is 9.55 Å². The third-order valence-corrected chi connectivity index (χ3v) is 4.14. The summed E-state index contributed by atoms with van der Waals surface area (Å²) in [7, 11) is 0. The Hall–Kier alpha value is -3.86. The first-order valence-corrected chi connectivity index (χ1v) is 8.86. The number of imidazole rings is 1. The number of benzene rings is 3. The number of rotatable bonds is 5. The lowest BCUT2D eigenvalue weighted by Gasteiger charge is -2.06. The Morgan fingerprint density at radius 1 is 0.821 bits per heavy atom. The molecule has 0 N–H and O–H groups in total. The van der Waals surface area contributed by atoms with Crippen LogP contribution in [-0.4, -0.2) is 15.6 Å². The van der Waals surface area contributed by atoms with Gasteiger partial charge in [-0.1, -0.05) is 48.5 Å². The molecule has 4 aromatic rings. The molecule has 1 aromatic heterocycles. The van der Waals surface area contributed by atoms with Crippen LogP contribution in [0.25, 0.3) is 11.3 Å². The summed E-state index contributed by atoms with van der Waals surface area (Å²) in [5.74, 6) is 1.26. The maximum absolute atomic E-state index is 12.2. The predicted molar refractivity (Wildman–Crippen MR) is 106 cm³/mol. The zero-order chi connectivity index (χ0) is 19.2. The Kier molecular flexibility index (Phi) is 5.15. The van der Waals surface area contributed by atoms with Gasteiger partial charge in [-0.3, -0.25) is 0 Å². The van der Waals surface area contributed by atoms with Crippen LogP contribution in [0.5, 0.6) is 11.5 Å². The van der Waals surface area contributed by atoms with E-state index in [0.29, 0.717) is 18.1 Å². The van der Waals surface area contributed by atoms with Gasteiger partial charge in [0.15, 0.2) is 0 Å². The molecule has 0 atom stereocenters. The fourth-order valence-corrected chi connectivity index (χ4v) is 2.68. The monoisotopic (exact) mass is 370 g/mol. The molecular formula is C23H18N2O3. The second-order valence-corrected chi connectivity index (χ2v) is 6.15. The van der Waals surface area contributed by atoms with E-state index in [4.69, 9.17) is 9.47 Å². The molecule has 138 valence electrons. The number of carbonyl (C=O) groups excluding carboxylic acids is 1. The Morgan fingerprint density at radius 3 is 2.21 bits per heavy atom. The van der Waals surface area contributed by atoms with Gasteiger partial charge in [0.05, 0.1) is 5.69 Å².